The first kappa shape index (κ1) is 25.6. The number of urea groups is 1. The van der Waals surface area contributed by atoms with Crippen LogP contribution in [0.2, 0.25) is 0 Å². The van der Waals surface area contributed by atoms with E-state index >= 15 is 0 Å². The SMILES string of the molecule is O=C(NCc1ccccc1)NC[C@H](NC(=O)[C@@H]1C2CCC(CC2)N1S(=O)(=O)c1ccccc1)C(=O)O. The molecule has 0 radical (unpaired) electrons. The molecule has 0 spiro atoms. The number of hydrogen-bond acceptors (Lipinski definition) is 5. The van der Waals surface area contributed by atoms with Gasteiger partial charge in [0.05, 0.1) is 11.4 Å². The third-order valence-corrected chi connectivity index (χ3v) is 8.73. The summed E-state index contributed by atoms with van der Waals surface area (Å²) in [5, 5.41) is 17.2. The topological polar surface area (TPSA) is 145 Å². The zero-order valence-corrected chi connectivity index (χ0v) is 20.5. The van der Waals surface area contributed by atoms with Gasteiger partial charge in [0.25, 0.3) is 0 Å². The summed E-state index contributed by atoms with van der Waals surface area (Å²) < 4.78 is 28.2. The highest BCUT2D eigenvalue weighted by molar-refractivity contribution is 7.89. The van der Waals surface area contributed by atoms with Gasteiger partial charge in [-0.25, -0.2) is 18.0 Å². The van der Waals surface area contributed by atoms with Crippen LogP contribution in [0.4, 0.5) is 4.79 Å². The van der Waals surface area contributed by atoms with Crippen molar-refractivity contribution in [3.63, 3.8) is 0 Å². The van der Waals surface area contributed by atoms with Crippen LogP contribution >= 0.6 is 0 Å². The second-order valence-corrected chi connectivity index (χ2v) is 11.0. The minimum Gasteiger partial charge on any atom is -0.480 e. The molecule has 192 valence electrons. The van der Waals surface area contributed by atoms with Gasteiger partial charge in [0.2, 0.25) is 15.9 Å². The molecule has 2 bridgehead atoms. The lowest BCUT2D eigenvalue weighted by Crippen LogP contribution is -2.64. The van der Waals surface area contributed by atoms with Crippen molar-refractivity contribution >= 4 is 27.9 Å². The van der Waals surface area contributed by atoms with Crippen LogP contribution in [0.15, 0.2) is 65.6 Å². The quantitative estimate of drug-likeness (QED) is 0.401. The van der Waals surface area contributed by atoms with Crippen molar-refractivity contribution in [3.8, 4) is 0 Å². The standard InChI is InChI=1S/C25H30N4O6S/c30-23(28-21(24(31)32)16-27-25(33)26-15-17-7-3-1-4-8-17)22-18-11-13-19(14-12-18)29(22)36(34,35)20-9-5-2-6-10-20/h1-10,18-19,21-22H,11-16H2,(H,28,30)(H,31,32)(H2,26,27,33)/t18?,19?,21-,22-/m0/s1. The Bertz CT molecular complexity index is 1180. The van der Waals surface area contributed by atoms with Gasteiger partial charge in [-0.05, 0) is 49.3 Å². The molecule has 10 nitrogen and oxygen atoms in total. The number of rotatable bonds is 9. The van der Waals surface area contributed by atoms with Gasteiger partial charge < -0.3 is 21.1 Å². The minimum absolute atomic E-state index is 0.0990. The fourth-order valence-electron chi connectivity index (χ4n) is 4.99. The van der Waals surface area contributed by atoms with Gasteiger partial charge in [0.1, 0.15) is 12.1 Å². The van der Waals surface area contributed by atoms with Crippen molar-refractivity contribution < 1.29 is 27.9 Å². The average Bonchev–Trinajstić information content (AvgIpc) is 2.90. The van der Waals surface area contributed by atoms with E-state index in [1.807, 2.05) is 30.3 Å². The van der Waals surface area contributed by atoms with Crippen LogP contribution in [0.5, 0.6) is 0 Å². The molecule has 11 heteroatoms. The van der Waals surface area contributed by atoms with Gasteiger partial charge in [-0.15, -0.1) is 0 Å². The van der Waals surface area contributed by atoms with Gasteiger partial charge in [-0.2, -0.15) is 4.31 Å². The Morgan fingerprint density at radius 3 is 2.14 bits per heavy atom. The predicted molar refractivity (Wildman–Crippen MR) is 131 cm³/mol. The summed E-state index contributed by atoms with van der Waals surface area (Å²) in [5.74, 6) is -2.20. The zero-order valence-electron chi connectivity index (χ0n) is 19.7. The number of amides is 3. The maximum Gasteiger partial charge on any atom is 0.328 e. The fourth-order valence-corrected chi connectivity index (χ4v) is 6.90. The smallest absolute Gasteiger partial charge is 0.328 e. The molecular weight excluding hydrogens is 484 g/mol. The number of carbonyl (C=O) groups is 3. The number of benzene rings is 2. The van der Waals surface area contributed by atoms with Gasteiger partial charge >= 0.3 is 12.0 Å². The summed E-state index contributed by atoms with van der Waals surface area (Å²) in [6.07, 6.45) is 2.71. The average molecular weight is 515 g/mol. The van der Waals surface area contributed by atoms with Crippen molar-refractivity contribution in [2.75, 3.05) is 6.54 Å². The minimum atomic E-state index is -3.96. The summed E-state index contributed by atoms with van der Waals surface area (Å²) in [4.78, 5) is 37.4. The van der Waals surface area contributed by atoms with Crippen LogP contribution in [-0.2, 0) is 26.2 Å². The van der Waals surface area contributed by atoms with Crippen molar-refractivity contribution in [3.05, 3.63) is 66.2 Å². The molecule has 2 saturated heterocycles. The third-order valence-electron chi connectivity index (χ3n) is 6.79. The molecule has 2 heterocycles. The Hall–Kier alpha value is -3.44. The van der Waals surface area contributed by atoms with Gasteiger partial charge in [-0.1, -0.05) is 48.5 Å². The van der Waals surface area contributed by atoms with E-state index < -0.39 is 40.0 Å². The molecule has 3 fully saturated rings. The monoisotopic (exact) mass is 514 g/mol. The van der Waals surface area contributed by atoms with E-state index in [4.69, 9.17) is 0 Å². The molecule has 3 amide bonds. The molecule has 36 heavy (non-hydrogen) atoms. The molecular formula is C25H30N4O6S. The molecule has 3 aliphatic rings. The Balaban J connectivity index is 1.43. The Morgan fingerprint density at radius 1 is 0.917 bits per heavy atom. The van der Waals surface area contributed by atoms with E-state index in [2.05, 4.69) is 16.0 Å². The Morgan fingerprint density at radius 2 is 1.53 bits per heavy atom. The molecule has 1 saturated carbocycles. The maximum absolute atomic E-state index is 13.5. The van der Waals surface area contributed by atoms with E-state index in [0.29, 0.717) is 25.7 Å². The molecule has 2 aromatic rings. The highest BCUT2D eigenvalue weighted by Crippen LogP contribution is 2.42. The lowest BCUT2D eigenvalue weighted by molar-refractivity contribution is -0.143. The highest BCUT2D eigenvalue weighted by Gasteiger charge is 2.51. The number of sulfonamides is 1. The second-order valence-electron chi connectivity index (χ2n) is 9.11. The van der Waals surface area contributed by atoms with Crippen LogP contribution in [0, 0.1) is 5.92 Å². The number of hydrogen-bond donors (Lipinski definition) is 4. The number of carbonyl (C=O) groups excluding carboxylic acids is 2. The summed E-state index contributed by atoms with van der Waals surface area (Å²) in [6, 6.07) is 13.8. The van der Waals surface area contributed by atoms with Crippen molar-refractivity contribution in [1.29, 1.82) is 0 Å². The first-order valence-corrected chi connectivity index (χ1v) is 13.4. The third kappa shape index (κ3) is 5.68. The largest absolute Gasteiger partial charge is 0.480 e. The maximum atomic E-state index is 13.5. The van der Waals surface area contributed by atoms with Gasteiger partial charge in [0, 0.05) is 12.6 Å². The molecule has 2 aromatic carbocycles. The van der Waals surface area contributed by atoms with Crippen LogP contribution in [-0.4, -0.2) is 60.4 Å². The molecule has 0 unspecified atom stereocenters. The van der Waals surface area contributed by atoms with Crippen molar-refractivity contribution in [1.82, 2.24) is 20.3 Å². The van der Waals surface area contributed by atoms with Gasteiger partial charge in [-0.3, -0.25) is 4.79 Å². The lowest BCUT2D eigenvalue weighted by atomic mass is 9.76. The van der Waals surface area contributed by atoms with Crippen molar-refractivity contribution in [2.45, 2.75) is 55.2 Å². The van der Waals surface area contributed by atoms with Crippen LogP contribution in [0.25, 0.3) is 0 Å². The molecule has 5 rings (SSSR count). The van der Waals surface area contributed by atoms with E-state index in [0.717, 1.165) is 5.56 Å². The molecule has 2 aliphatic heterocycles. The first-order chi connectivity index (χ1) is 17.3. The van der Waals surface area contributed by atoms with Crippen LogP contribution in [0.1, 0.15) is 31.2 Å². The van der Waals surface area contributed by atoms with E-state index in [-0.39, 0.29) is 29.9 Å². The Kier molecular flexibility index (Phi) is 7.90. The zero-order chi connectivity index (χ0) is 25.7. The van der Waals surface area contributed by atoms with E-state index in [9.17, 15) is 27.9 Å². The van der Waals surface area contributed by atoms with E-state index in [1.165, 1.54) is 16.4 Å². The van der Waals surface area contributed by atoms with E-state index in [1.54, 1.807) is 18.2 Å². The number of carboxylic acids is 1. The second kappa shape index (κ2) is 11.1. The van der Waals surface area contributed by atoms with Crippen LogP contribution in [0.3, 0.4) is 0 Å². The molecule has 2 atom stereocenters. The normalized spacial score (nSPS) is 22.4. The van der Waals surface area contributed by atoms with Crippen LogP contribution < -0.4 is 16.0 Å². The number of nitrogens with zero attached hydrogens (tertiary/aromatic N) is 1. The predicted octanol–water partition coefficient (Wildman–Crippen LogP) is 1.69. The van der Waals surface area contributed by atoms with Crippen molar-refractivity contribution in [2.24, 2.45) is 5.92 Å². The number of piperidine rings is 2. The summed E-state index contributed by atoms with van der Waals surface area (Å²) >= 11 is 0. The molecule has 1 aliphatic carbocycles. The number of aliphatic carboxylic acids is 1. The first-order valence-electron chi connectivity index (χ1n) is 11.9. The van der Waals surface area contributed by atoms with Gasteiger partial charge in [0.15, 0.2) is 0 Å². The Labute approximate surface area is 210 Å². The summed E-state index contributed by atoms with van der Waals surface area (Å²) in [5.41, 5.74) is 0.878. The number of fused-ring (bicyclic) bond motifs is 3. The number of carboxylic acid groups (broad SMARTS) is 1. The highest BCUT2D eigenvalue weighted by atomic mass is 32.2. The molecule has 0 aromatic heterocycles. The number of nitrogens with one attached hydrogen (secondary N) is 3. The molecule has 4 N–H and O–H groups in total. The summed E-state index contributed by atoms with van der Waals surface area (Å²) in [7, 11) is -3.96. The summed E-state index contributed by atoms with van der Waals surface area (Å²) in [6.45, 7) is -0.0951. The fraction of sp³-hybridized carbons (Fsp3) is 0.400. The lowest BCUT2D eigenvalue weighted by Gasteiger charge is -2.49.